The van der Waals surface area contributed by atoms with Crippen LogP contribution in [0.4, 0.5) is 0 Å². The Bertz CT molecular complexity index is 131. The lowest BCUT2D eigenvalue weighted by Crippen LogP contribution is -1.97. The molecule has 1 aliphatic rings. The summed E-state index contributed by atoms with van der Waals surface area (Å²) in [4.78, 5) is 4.57. The van der Waals surface area contributed by atoms with E-state index in [1.54, 1.807) is 0 Å². The largest absolute Gasteiger partial charge is 0.280 e. The van der Waals surface area contributed by atoms with E-state index in [4.69, 9.17) is 0 Å². The molecule has 0 N–H and O–H groups in total. The summed E-state index contributed by atoms with van der Waals surface area (Å²) in [7, 11) is 0. The Morgan fingerprint density at radius 1 is 1.70 bits per heavy atom. The van der Waals surface area contributed by atoms with Crippen molar-refractivity contribution in [1.29, 1.82) is 0 Å². The molecule has 10 heavy (non-hydrogen) atoms. The highest BCUT2D eigenvalue weighted by atomic mass is 32.2. The highest BCUT2D eigenvalue weighted by Gasteiger charge is 2.07. The van der Waals surface area contributed by atoms with Gasteiger partial charge in [-0.05, 0) is 31.9 Å². The lowest BCUT2D eigenvalue weighted by molar-refractivity contribution is 0.663. The van der Waals surface area contributed by atoms with Gasteiger partial charge >= 0.3 is 0 Å². The Morgan fingerprint density at radius 2 is 2.50 bits per heavy atom. The monoisotopic (exact) mass is 157 g/mol. The van der Waals surface area contributed by atoms with Crippen LogP contribution in [0.15, 0.2) is 4.99 Å². The van der Waals surface area contributed by atoms with E-state index in [-0.39, 0.29) is 0 Å². The van der Waals surface area contributed by atoms with Gasteiger partial charge in [0.15, 0.2) is 0 Å². The average molecular weight is 157 g/mol. The topological polar surface area (TPSA) is 12.4 Å². The maximum atomic E-state index is 4.57. The van der Waals surface area contributed by atoms with Crippen LogP contribution in [0.25, 0.3) is 0 Å². The minimum atomic E-state index is 0.574. The van der Waals surface area contributed by atoms with Gasteiger partial charge in [0, 0.05) is 6.04 Å². The van der Waals surface area contributed by atoms with Crippen molar-refractivity contribution in [3.63, 3.8) is 0 Å². The molecule has 1 atom stereocenters. The summed E-state index contributed by atoms with van der Waals surface area (Å²) < 4.78 is 0. The molecule has 1 rings (SSSR count). The van der Waals surface area contributed by atoms with Crippen LogP contribution in [0.1, 0.15) is 33.1 Å². The fourth-order valence-electron chi connectivity index (χ4n) is 1.11. The molecule has 1 heterocycles. The number of nitrogens with zero attached hydrogens (tertiary/aromatic N) is 1. The Kier molecular flexibility index (Phi) is 3.26. The Morgan fingerprint density at radius 3 is 3.20 bits per heavy atom. The van der Waals surface area contributed by atoms with Gasteiger partial charge in [-0.3, -0.25) is 4.99 Å². The van der Waals surface area contributed by atoms with Gasteiger partial charge in [0.2, 0.25) is 0 Å². The summed E-state index contributed by atoms with van der Waals surface area (Å²) in [5.74, 6) is 1.27. The van der Waals surface area contributed by atoms with Gasteiger partial charge in [-0.1, -0.05) is 6.92 Å². The Labute approximate surface area is 67.3 Å². The van der Waals surface area contributed by atoms with Crippen LogP contribution in [0.5, 0.6) is 0 Å². The van der Waals surface area contributed by atoms with Crippen LogP contribution in [-0.2, 0) is 0 Å². The number of hydrogen-bond acceptors (Lipinski definition) is 2. The van der Waals surface area contributed by atoms with Crippen molar-refractivity contribution in [3.8, 4) is 0 Å². The second kappa shape index (κ2) is 4.02. The number of hydrogen-bond donors (Lipinski definition) is 0. The second-order valence-electron chi connectivity index (χ2n) is 2.72. The zero-order chi connectivity index (χ0) is 7.40. The predicted molar refractivity (Wildman–Crippen MR) is 48.9 cm³/mol. The molecule has 58 valence electrons. The average Bonchev–Trinajstić information content (AvgIpc) is 2.13. The van der Waals surface area contributed by atoms with Crippen molar-refractivity contribution >= 4 is 16.8 Å². The first kappa shape index (κ1) is 8.12. The van der Waals surface area contributed by atoms with Gasteiger partial charge in [0.05, 0.1) is 5.04 Å². The van der Waals surface area contributed by atoms with Crippen LogP contribution >= 0.6 is 11.8 Å². The smallest absolute Gasteiger partial charge is 0.0676 e. The van der Waals surface area contributed by atoms with Crippen LogP contribution in [-0.4, -0.2) is 16.8 Å². The number of aliphatic imine (C=N–C) groups is 1. The molecular formula is C8H15NS. The SMILES string of the molecule is CCC1=NC(C)CCCS1. The van der Waals surface area contributed by atoms with Crippen LogP contribution in [0, 0.1) is 0 Å². The van der Waals surface area contributed by atoms with Gasteiger partial charge in [-0.15, -0.1) is 11.8 Å². The lowest BCUT2D eigenvalue weighted by atomic mass is 10.2. The van der Waals surface area contributed by atoms with Gasteiger partial charge in [0.25, 0.3) is 0 Å². The fraction of sp³-hybridized carbons (Fsp3) is 0.875. The first-order valence-corrected chi connectivity index (χ1v) is 5.01. The second-order valence-corrected chi connectivity index (χ2v) is 3.88. The lowest BCUT2D eigenvalue weighted by Gasteiger charge is -2.01. The van der Waals surface area contributed by atoms with Crippen molar-refractivity contribution < 1.29 is 0 Å². The van der Waals surface area contributed by atoms with Crippen LogP contribution < -0.4 is 0 Å². The molecule has 2 heteroatoms. The van der Waals surface area contributed by atoms with Crippen molar-refractivity contribution in [2.24, 2.45) is 4.99 Å². The molecule has 0 bridgehead atoms. The van der Waals surface area contributed by atoms with Crippen molar-refractivity contribution in [3.05, 3.63) is 0 Å². The maximum absolute atomic E-state index is 4.57. The summed E-state index contributed by atoms with van der Waals surface area (Å²) in [5.41, 5.74) is 0. The fourth-order valence-corrected chi connectivity index (χ4v) is 2.11. The molecule has 0 aromatic heterocycles. The molecule has 0 aromatic carbocycles. The summed E-state index contributed by atoms with van der Waals surface area (Å²) in [5, 5.41) is 1.35. The number of rotatable bonds is 1. The third kappa shape index (κ3) is 2.33. The first-order chi connectivity index (χ1) is 4.83. The zero-order valence-electron chi connectivity index (χ0n) is 6.76. The van der Waals surface area contributed by atoms with E-state index in [0.717, 1.165) is 6.42 Å². The Hall–Kier alpha value is 0.0200. The molecule has 0 saturated heterocycles. The molecule has 1 aliphatic heterocycles. The predicted octanol–water partition coefficient (Wildman–Crippen LogP) is 2.71. The molecule has 1 unspecified atom stereocenters. The van der Waals surface area contributed by atoms with Crippen molar-refractivity contribution in [2.45, 2.75) is 39.2 Å². The highest BCUT2D eigenvalue weighted by molar-refractivity contribution is 8.13. The molecule has 0 fully saturated rings. The Balaban J connectivity index is 2.50. The van der Waals surface area contributed by atoms with E-state index in [1.807, 2.05) is 11.8 Å². The maximum Gasteiger partial charge on any atom is 0.0676 e. The summed E-state index contributed by atoms with van der Waals surface area (Å²) in [6, 6.07) is 0.574. The molecule has 1 nitrogen and oxygen atoms in total. The molecule has 0 saturated carbocycles. The van der Waals surface area contributed by atoms with Gasteiger partial charge in [-0.2, -0.15) is 0 Å². The molecule has 0 amide bonds. The summed E-state index contributed by atoms with van der Waals surface area (Å²) >= 11 is 1.94. The molecular weight excluding hydrogens is 142 g/mol. The van der Waals surface area contributed by atoms with Gasteiger partial charge < -0.3 is 0 Å². The van der Waals surface area contributed by atoms with E-state index in [2.05, 4.69) is 18.8 Å². The third-order valence-electron chi connectivity index (χ3n) is 1.70. The van der Waals surface area contributed by atoms with Crippen molar-refractivity contribution in [1.82, 2.24) is 0 Å². The molecule has 0 aromatic rings. The highest BCUT2D eigenvalue weighted by Crippen LogP contribution is 2.18. The van der Waals surface area contributed by atoms with E-state index >= 15 is 0 Å². The minimum absolute atomic E-state index is 0.574. The normalized spacial score (nSPS) is 27.4. The zero-order valence-corrected chi connectivity index (χ0v) is 7.58. The standard InChI is InChI=1S/C8H15NS/c1-3-8-9-7(2)5-4-6-10-8/h7H,3-6H2,1-2H3. The summed E-state index contributed by atoms with van der Waals surface area (Å²) in [6.07, 6.45) is 3.73. The van der Waals surface area contributed by atoms with Crippen molar-refractivity contribution in [2.75, 3.05) is 5.75 Å². The summed E-state index contributed by atoms with van der Waals surface area (Å²) in [6.45, 7) is 4.39. The van der Waals surface area contributed by atoms with Crippen LogP contribution in [0.2, 0.25) is 0 Å². The van der Waals surface area contributed by atoms with Gasteiger partial charge in [-0.25, -0.2) is 0 Å². The van der Waals surface area contributed by atoms with E-state index in [1.165, 1.54) is 23.6 Å². The van der Waals surface area contributed by atoms with E-state index < -0.39 is 0 Å². The molecule has 0 spiro atoms. The molecule has 0 aliphatic carbocycles. The third-order valence-corrected chi connectivity index (χ3v) is 2.92. The quantitative estimate of drug-likeness (QED) is 0.570. The van der Waals surface area contributed by atoms with Crippen LogP contribution in [0.3, 0.4) is 0 Å². The van der Waals surface area contributed by atoms with E-state index in [9.17, 15) is 0 Å². The van der Waals surface area contributed by atoms with Gasteiger partial charge in [0.1, 0.15) is 0 Å². The first-order valence-electron chi connectivity index (χ1n) is 4.02. The minimum Gasteiger partial charge on any atom is -0.280 e. The van der Waals surface area contributed by atoms with E-state index in [0.29, 0.717) is 6.04 Å². The number of thioether (sulfide) groups is 1. The molecule has 0 radical (unpaired) electrons.